The third-order valence-corrected chi connectivity index (χ3v) is 5.51. The number of ether oxygens (including phenoxy) is 1. The van der Waals surface area contributed by atoms with Gasteiger partial charge in [0.05, 0.1) is 12.4 Å². The van der Waals surface area contributed by atoms with Gasteiger partial charge in [-0.05, 0) is 35.4 Å². The summed E-state index contributed by atoms with van der Waals surface area (Å²) in [4.78, 5) is 4.25. The van der Waals surface area contributed by atoms with Crippen molar-refractivity contribution in [3.63, 3.8) is 0 Å². The lowest BCUT2D eigenvalue weighted by molar-refractivity contribution is 0.348. The number of hydrogen-bond acceptors (Lipinski definition) is 4. The number of halogens is 1. The van der Waals surface area contributed by atoms with Gasteiger partial charge in [-0.15, -0.1) is 24.0 Å². The van der Waals surface area contributed by atoms with Gasteiger partial charge < -0.3 is 15.4 Å². The molecule has 0 fully saturated rings. The normalized spacial score (nSPS) is 14.1. The third-order valence-electron chi connectivity index (χ3n) is 4.57. The first-order valence-corrected chi connectivity index (χ1v) is 11.1. The van der Waals surface area contributed by atoms with Crippen LogP contribution in [0.1, 0.15) is 31.4 Å². The molecule has 0 saturated carbocycles. The van der Waals surface area contributed by atoms with Gasteiger partial charge >= 0.3 is 0 Å². The maximum atomic E-state index is 11.4. The molecule has 8 heteroatoms. The Kier molecular flexibility index (Phi) is 9.33. The van der Waals surface area contributed by atoms with Crippen LogP contribution in [0.3, 0.4) is 0 Å². The lowest BCUT2D eigenvalue weighted by atomic mass is 9.90. The van der Waals surface area contributed by atoms with E-state index in [-0.39, 0.29) is 35.1 Å². The van der Waals surface area contributed by atoms with E-state index >= 15 is 0 Å². The predicted molar refractivity (Wildman–Crippen MR) is 122 cm³/mol. The molecule has 0 radical (unpaired) electrons. The number of nitrogens with zero attached hydrogens (tertiary/aromatic N) is 1. The average Bonchev–Trinajstić information content (AvgIpc) is 3.03. The molecule has 2 N–H and O–H groups in total. The highest BCUT2D eigenvalue weighted by atomic mass is 127. The fraction of sp³-hybridized carbons (Fsp3) is 0.632. The van der Waals surface area contributed by atoms with Gasteiger partial charge in [0.15, 0.2) is 5.96 Å². The van der Waals surface area contributed by atoms with Crippen molar-refractivity contribution in [2.75, 3.05) is 38.8 Å². The second-order valence-corrected chi connectivity index (χ2v) is 9.95. The Labute approximate surface area is 180 Å². The molecule has 1 aliphatic rings. The van der Waals surface area contributed by atoms with Crippen molar-refractivity contribution in [2.24, 2.45) is 10.4 Å². The quantitative estimate of drug-likeness (QED) is 0.320. The molecule has 0 saturated heterocycles. The Hall–Kier alpha value is -1.03. The molecule has 1 aromatic rings. The molecule has 154 valence electrons. The molecule has 1 heterocycles. The number of sulfone groups is 1. The predicted octanol–water partition coefficient (Wildman–Crippen LogP) is 2.41. The molecule has 27 heavy (non-hydrogen) atoms. The van der Waals surface area contributed by atoms with Gasteiger partial charge in [0, 0.05) is 32.8 Å². The first-order chi connectivity index (χ1) is 12.2. The highest BCUT2D eigenvalue weighted by molar-refractivity contribution is 14.0. The van der Waals surface area contributed by atoms with E-state index in [1.54, 1.807) is 7.05 Å². The van der Waals surface area contributed by atoms with E-state index in [1.807, 2.05) is 0 Å². The summed E-state index contributed by atoms with van der Waals surface area (Å²) >= 11 is 0. The van der Waals surface area contributed by atoms with E-state index in [2.05, 4.69) is 47.7 Å². The zero-order chi connectivity index (χ0) is 19.2. The van der Waals surface area contributed by atoms with Crippen LogP contribution in [-0.4, -0.2) is 53.1 Å². The molecule has 0 amide bonds. The Morgan fingerprint density at radius 2 is 2.04 bits per heavy atom. The number of guanidine groups is 1. The Morgan fingerprint density at radius 3 is 2.70 bits per heavy atom. The molecule has 0 unspecified atom stereocenters. The number of fused-ring (bicyclic) bond motifs is 1. The van der Waals surface area contributed by atoms with Gasteiger partial charge in [0.2, 0.25) is 0 Å². The molecule has 6 nitrogen and oxygen atoms in total. The summed E-state index contributed by atoms with van der Waals surface area (Å²) in [6.45, 7) is 6.35. The van der Waals surface area contributed by atoms with Gasteiger partial charge in [-0.1, -0.05) is 26.0 Å². The number of benzene rings is 1. The van der Waals surface area contributed by atoms with E-state index in [4.69, 9.17) is 4.74 Å². The Bertz CT molecular complexity index is 749. The fourth-order valence-electron chi connectivity index (χ4n) is 2.81. The molecular weight excluding hydrogens is 477 g/mol. The monoisotopic (exact) mass is 509 g/mol. The molecule has 0 bridgehead atoms. The summed E-state index contributed by atoms with van der Waals surface area (Å²) in [5.74, 6) is 1.95. The van der Waals surface area contributed by atoms with Gasteiger partial charge in [-0.25, -0.2) is 8.42 Å². The standard InChI is InChI=1S/C19H31N3O3S.HI/c1-19(2,9-12-26(4,23)24)14-22-18(20-3)21-10-7-15-5-6-17-16(13-15)8-11-25-17;/h5-6,13H,7-12,14H2,1-4H3,(H2,20,21,22);1H. The van der Waals surface area contributed by atoms with E-state index in [1.165, 1.54) is 17.4 Å². The summed E-state index contributed by atoms with van der Waals surface area (Å²) < 4.78 is 28.2. The van der Waals surface area contributed by atoms with Crippen molar-refractivity contribution < 1.29 is 13.2 Å². The fourth-order valence-corrected chi connectivity index (χ4v) is 3.74. The van der Waals surface area contributed by atoms with Crippen molar-refractivity contribution in [2.45, 2.75) is 33.1 Å². The number of hydrogen-bond donors (Lipinski definition) is 2. The Balaban J connectivity index is 0.00000364. The zero-order valence-corrected chi connectivity index (χ0v) is 19.8. The van der Waals surface area contributed by atoms with Gasteiger partial charge in [-0.2, -0.15) is 0 Å². The van der Waals surface area contributed by atoms with Crippen LogP contribution in [0, 0.1) is 5.41 Å². The van der Waals surface area contributed by atoms with E-state index < -0.39 is 9.84 Å². The number of nitrogens with one attached hydrogen (secondary N) is 2. The molecule has 0 spiro atoms. The maximum absolute atomic E-state index is 11.4. The van der Waals surface area contributed by atoms with Crippen molar-refractivity contribution in [1.82, 2.24) is 10.6 Å². The van der Waals surface area contributed by atoms with Gasteiger partial charge in [0.25, 0.3) is 0 Å². The van der Waals surface area contributed by atoms with Crippen molar-refractivity contribution >= 4 is 39.8 Å². The lowest BCUT2D eigenvalue weighted by Gasteiger charge is -2.25. The summed E-state index contributed by atoms with van der Waals surface area (Å²) in [5.41, 5.74) is 2.45. The molecule has 1 aromatic carbocycles. The zero-order valence-electron chi connectivity index (χ0n) is 16.7. The second-order valence-electron chi connectivity index (χ2n) is 7.69. The molecular formula is C19H32IN3O3S. The first kappa shape index (κ1) is 24.0. The average molecular weight is 509 g/mol. The Morgan fingerprint density at radius 1 is 1.30 bits per heavy atom. The minimum atomic E-state index is -2.93. The maximum Gasteiger partial charge on any atom is 0.191 e. The summed E-state index contributed by atoms with van der Waals surface area (Å²) in [6, 6.07) is 6.37. The third kappa shape index (κ3) is 8.68. The SMILES string of the molecule is CN=C(NCCc1ccc2c(c1)CCO2)NCC(C)(C)CCS(C)(=O)=O.I. The molecule has 0 aliphatic carbocycles. The minimum Gasteiger partial charge on any atom is -0.493 e. The highest BCUT2D eigenvalue weighted by Gasteiger charge is 2.20. The summed E-state index contributed by atoms with van der Waals surface area (Å²) in [5, 5.41) is 6.62. The van der Waals surface area contributed by atoms with E-state index in [0.29, 0.717) is 13.0 Å². The molecule has 0 atom stereocenters. The van der Waals surface area contributed by atoms with Crippen LogP contribution in [0.4, 0.5) is 0 Å². The van der Waals surface area contributed by atoms with Crippen molar-refractivity contribution in [3.8, 4) is 5.75 Å². The van der Waals surface area contributed by atoms with Crippen LogP contribution >= 0.6 is 24.0 Å². The summed E-state index contributed by atoms with van der Waals surface area (Å²) in [7, 11) is -1.19. The van der Waals surface area contributed by atoms with Crippen LogP contribution < -0.4 is 15.4 Å². The van der Waals surface area contributed by atoms with E-state index in [0.717, 1.165) is 37.7 Å². The first-order valence-electron chi connectivity index (χ1n) is 9.05. The number of rotatable bonds is 8. The van der Waals surface area contributed by atoms with Crippen LogP contribution in [-0.2, 0) is 22.7 Å². The molecule has 1 aliphatic heterocycles. The van der Waals surface area contributed by atoms with Crippen LogP contribution in [0.15, 0.2) is 23.2 Å². The topological polar surface area (TPSA) is 79.8 Å². The van der Waals surface area contributed by atoms with E-state index in [9.17, 15) is 8.42 Å². The largest absolute Gasteiger partial charge is 0.493 e. The van der Waals surface area contributed by atoms with Crippen LogP contribution in [0.2, 0.25) is 0 Å². The minimum absolute atomic E-state index is 0. The van der Waals surface area contributed by atoms with Gasteiger partial charge in [-0.3, -0.25) is 4.99 Å². The van der Waals surface area contributed by atoms with Crippen molar-refractivity contribution in [3.05, 3.63) is 29.3 Å². The smallest absolute Gasteiger partial charge is 0.191 e. The van der Waals surface area contributed by atoms with Crippen molar-refractivity contribution in [1.29, 1.82) is 0 Å². The van der Waals surface area contributed by atoms with Gasteiger partial charge in [0.1, 0.15) is 15.6 Å². The summed E-state index contributed by atoms with van der Waals surface area (Å²) in [6.07, 6.45) is 3.79. The lowest BCUT2D eigenvalue weighted by Crippen LogP contribution is -2.43. The second kappa shape index (κ2) is 10.5. The van der Waals surface area contributed by atoms with Crippen LogP contribution in [0.25, 0.3) is 0 Å². The molecule has 0 aromatic heterocycles. The van der Waals surface area contributed by atoms with Crippen LogP contribution in [0.5, 0.6) is 5.75 Å². The molecule has 2 rings (SSSR count). The highest BCUT2D eigenvalue weighted by Crippen LogP contribution is 2.25. The number of aliphatic imine (C=N–C) groups is 1.